The van der Waals surface area contributed by atoms with Crippen LogP contribution >= 0.6 is 11.6 Å². The SMILES string of the molecule is COc1nc(-c2cccc(-c3cccc(Nc4nccc5cnn(C)c(=O)c45)c3C)c2Cl)ccc1CN[C@@H]1CCOC[C@H]1O. The summed E-state index contributed by atoms with van der Waals surface area (Å²) in [5, 5.41) is 22.8. The zero-order valence-corrected chi connectivity index (χ0v) is 25.4. The standard InChI is InChI=1S/C33H33ClN6O4/c1-19-22(6-5-9-25(19)38-31-29-20(12-14-35-31)17-37-40(2)33(29)42)23-7-4-8-24(30(23)34)26-11-10-21(32(39-26)43-3)16-36-27-13-15-44-18-28(27)41/h4-12,14,17,27-28,36,41H,13,15-16,18H2,1-3H3,(H,35,38)/t27-,28-/m1/s1. The zero-order chi connectivity index (χ0) is 30.8. The van der Waals surface area contributed by atoms with Crippen molar-refractivity contribution in [3.05, 3.63) is 93.5 Å². The quantitative estimate of drug-likeness (QED) is 0.222. The number of hydrogen-bond donors (Lipinski definition) is 3. The second-order valence-electron chi connectivity index (χ2n) is 10.8. The van der Waals surface area contributed by atoms with Gasteiger partial charge in [0.15, 0.2) is 0 Å². The number of rotatable bonds is 8. The van der Waals surface area contributed by atoms with Gasteiger partial charge < -0.3 is 25.2 Å². The maximum Gasteiger partial charge on any atom is 0.278 e. The minimum atomic E-state index is -0.548. The van der Waals surface area contributed by atoms with Crippen LogP contribution in [0.2, 0.25) is 5.02 Å². The molecule has 0 amide bonds. The Hall–Kier alpha value is -4.35. The van der Waals surface area contributed by atoms with E-state index in [1.165, 1.54) is 4.68 Å². The lowest BCUT2D eigenvalue weighted by molar-refractivity contribution is -0.0281. The van der Waals surface area contributed by atoms with Gasteiger partial charge in [-0.2, -0.15) is 5.10 Å². The number of benzene rings is 2. The van der Waals surface area contributed by atoms with Gasteiger partial charge in [-0.3, -0.25) is 4.79 Å². The molecule has 0 aliphatic carbocycles. The summed E-state index contributed by atoms with van der Waals surface area (Å²) in [5.41, 5.74) is 5.62. The minimum Gasteiger partial charge on any atom is -0.481 e. The molecule has 5 aromatic rings. The van der Waals surface area contributed by atoms with E-state index < -0.39 is 6.10 Å². The first-order valence-electron chi connectivity index (χ1n) is 14.4. The van der Waals surface area contributed by atoms with Gasteiger partial charge in [0.1, 0.15) is 5.82 Å². The molecule has 11 heteroatoms. The normalized spacial score (nSPS) is 16.7. The molecule has 4 heterocycles. The first-order valence-corrected chi connectivity index (χ1v) is 14.7. The summed E-state index contributed by atoms with van der Waals surface area (Å²) in [5.74, 6) is 0.951. The molecular weight excluding hydrogens is 580 g/mol. The fourth-order valence-corrected chi connectivity index (χ4v) is 5.85. The summed E-state index contributed by atoms with van der Waals surface area (Å²) >= 11 is 7.08. The summed E-state index contributed by atoms with van der Waals surface area (Å²) in [4.78, 5) is 22.1. The predicted octanol–water partition coefficient (Wildman–Crippen LogP) is 5.01. The van der Waals surface area contributed by atoms with Crippen molar-refractivity contribution in [3.63, 3.8) is 0 Å². The molecule has 0 unspecified atom stereocenters. The molecule has 3 aromatic heterocycles. The van der Waals surface area contributed by atoms with Crippen LogP contribution in [0.4, 0.5) is 11.5 Å². The monoisotopic (exact) mass is 612 g/mol. The summed E-state index contributed by atoms with van der Waals surface area (Å²) < 4.78 is 12.3. The van der Waals surface area contributed by atoms with Crippen molar-refractivity contribution in [2.24, 2.45) is 7.05 Å². The van der Waals surface area contributed by atoms with Crippen LogP contribution in [0, 0.1) is 6.92 Å². The average Bonchev–Trinajstić information content (AvgIpc) is 3.04. The van der Waals surface area contributed by atoms with Gasteiger partial charge in [0.25, 0.3) is 5.56 Å². The predicted molar refractivity (Wildman–Crippen MR) is 172 cm³/mol. The van der Waals surface area contributed by atoms with E-state index in [0.717, 1.165) is 39.9 Å². The highest BCUT2D eigenvalue weighted by molar-refractivity contribution is 6.36. The van der Waals surface area contributed by atoms with Crippen molar-refractivity contribution in [1.29, 1.82) is 0 Å². The highest BCUT2D eigenvalue weighted by Crippen LogP contribution is 2.39. The zero-order valence-electron chi connectivity index (χ0n) is 24.7. The molecule has 1 aliphatic heterocycles. The van der Waals surface area contributed by atoms with E-state index in [2.05, 4.69) is 20.7 Å². The van der Waals surface area contributed by atoms with Crippen LogP contribution < -0.4 is 20.9 Å². The molecular formula is C33H33ClN6O4. The Balaban J connectivity index is 1.30. The van der Waals surface area contributed by atoms with E-state index in [4.69, 9.17) is 26.1 Å². The number of ether oxygens (including phenoxy) is 2. The number of aliphatic hydroxyl groups excluding tert-OH is 1. The fraction of sp³-hybridized carbons (Fsp3) is 0.273. The Bertz CT molecular complexity index is 1900. The maximum atomic E-state index is 12.9. The van der Waals surface area contributed by atoms with Crippen LogP contribution in [0.15, 0.2) is 71.8 Å². The number of aromatic nitrogens is 4. The lowest BCUT2D eigenvalue weighted by Gasteiger charge is -2.28. The van der Waals surface area contributed by atoms with Crippen molar-refractivity contribution in [1.82, 2.24) is 25.1 Å². The van der Waals surface area contributed by atoms with Gasteiger partial charge >= 0.3 is 0 Å². The molecule has 1 saturated heterocycles. The Morgan fingerprint density at radius 3 is 2.73 bits per heavy atom. The van der Waals surface area contributed by atoms with E-state index in [9.17, 15) is 9.90 Å². The van der Waals surface area contributed by atoms with Crippen molar-refractivity contribution in [3.8, 4) is 28.3 Å². The first kappa shape index (κ1) is 29.7. The van der Waals surface area contributed by atoms with Crippen molar-refractivity contribution < 1.29 is 14.6 Å². The molecule has 1 aliphatic rings. The van der Waals surface area contributed by atoms with Crippen LogP contribution in [0.3, 0.4) is 0 Å². The smallest absolute Gasteiger partial charge is 0.278 e. The minimum absolute atomic E-state index is 0.0495. The molecule has 0 bridgehead atoms. The molecule has 226 valence electrons. The van der Waals surface area contributed by atoms with Crippen LogP contribution in [0.5, 0.6) is 5.88 Å². The highest BCUT2D eigenvalue weighted by Gasteiger charge is 2.24. The third-order valence-electron chi connectivity index (χ3n) is 8.03. The Morgan fingerprint density at radius 1 is 1.11 bits per heavy atom. The molecule has 2 atom stereocenters. The van der Waals surface area contributed by atoms with Gasteiger partial charge in [0.05, 0.1) is 42.1 Å². The van der Waals surface area contributed by atoms with Crippen LogP contribution in [0.25, 0.3) is 33.2 Å². The van der Waals surface area contributed by atoms with Crippen LogP contribution in [0.1, 0.15) is 17.5 Å². The number of nitrogens with one attached hydrogen (secondary N) is 2. The third-order valence-corrected chi connectivity index (χ3v) is 8.43. The molecule has 6 rings (SSSR count). The number of halogens is 1. The average molecular weight is 613 g/mol. The van der Waals surface area contributed by atoms with Gasteiger partial charge in [-0.1, -0.05) is 48.0 Å². The van der Waals surface area contributed by atoms with Gasteiger partial charge in [-0.25, -0.2) is 14.6 Å². The number of fused-ring (bicyclic) bond motifs is 1. The number of aliphatic hydroxyl groups is 1. The van der Waals surface area contributed by atoms with Gasteiger partial charge in [-0.15, -0.1) is 0 Å². The lowest BCUT2D eigenvalue weighted by atomic mass is 9.96. The summed E-state index contributed by atoms with van der Waals surface area (Å²) in [6.45, 7) is 3.45. The molecule has 0 radical (unpaired) electrons. The number of methoxy groups -OCH3 is 1. The summed E-state index contributed by atoms with van der Waals surface area (Å²) in [6, 6.07) is 17.4. The van der Waals surface area contributed by atoms with Crippen molar-refractivity contribution >= 4 is 33.9 Å². The molecule has 2 aromatic carbocycles. The summed E-state index contributed by atoms with van der Waals surface area (Å²) in [7, 11) is 3.21. The van der Waals surface area contributed by atoms with Gasteiger partial charge in [0, 0.05) is 60.2 Å². The first-order chi connectivity index (χ1) is 21.4. The van der Waals surface area contributed by atoms with Gasteiger partial charge in [-0.05, 0) is 42.7 Å². The number of nitrogens with zero attached hydrogens (tertiary/aromatic N) is 4. The maximum absolute atomic E-state index is 12.9. The molecule has 0 saturated carbocycles. The Labute approximate surface area is 259 Å². The van der Waals surface area contributed by atoms with Crippen molar-refractivity contribution in [2.75, 3.05) is 25.6 Å². The van der Waals surface area contributed by atoms with Crippen LogP contribution in [-0.4, -0.2) is 57.3 Å². The number of anilines is 2. The molecule has 44 heavy (non-hydrogen) atoms. The second-order valence-corrected chi connectivity index (χ2v) is 11.1. The van der Waals surface area contributed by atoms with E-state index >= 15 is 0 Å². The van der Waals surface area contributed by atoms with Gasteiger partial charge in [0.2, 0.25) is 5.88 Å². The molecule has 1 fully saturated rings. The molecule has 10 nitrogen and oxygen atoms in total. The lowest BCUT2D eigenvalue weighted by Crippen LogP contribution is -2.46. The fourth-order valence-electron chi connectivity index (χ4n) is 5.53. The Morgan fingerprint density at radius 2 is 1.91 bits per heavy atom. The number of pyridine rings is 2. The van der Waals surface area contributed by atoms with E-state index in [1.807, 2.05) is 55.5 Å². The third kappa shape index (κ3) is 5.77. The van der Waals surface area contributed by atoms with E-state index in [0.29, 0.717) is 52.9 Å². The summed E-state index contributed by atoms with van der Waals surface area (Å²) in [6.07, 6.45) is 3.50. The van der Waals surface area contributed by atoms with Crippen molar-refractivity contribution in [2.45, 2.75) is 32.0 Å². The number of aryl methyl sites for hydroxylation is 1. The molecule has 3 N–H and O–H groups in total. The second kappa shape index (κ2) is 12.7. The highest BCUT2D eigenvalue weighted by atomic mass is 35.5. The Kier molecular flexibility index (Phi) is 8.58. The topological polar surface area (TPSA) is 123 Å². The number of hydrogen-bond acceptors (Lipinski definition) is 9. The van der Waals surface area contributed by atoms with E-state index in [-0.39, 0.29) is 11.6 Å². The largest absolute Gasteiger partial charge is 0.481 e. The van der Waals surface area contributed by atoms with Crippen LogP contribution in [-0.2, 0) is 18.3 Å². The van der Waals surface area contributed by atoms with E-state index in [1.54, 1.807) is 32.6 Å². The molecule has 0 spiro atoms.